The minimum absolute atomic E-state index is 0.0993. The summed E-state index contributed by atoms with van der Waals surface area (Å²) in [5, 5.41) is 0. The van der Waals surface area contributed by atoms with Crippen molar-refractivity contribution in [1.29, 1.82) is 0 Å². The Labute approximate surface area is 115 Å². The first-order valence-corrected chi connectivity index (χ1v) is 7.14. The molecule has 3 nitrogen and oxygen atoms in total. The molecule has 0 aliphatic carbocycles. The molecule has 1 saturated heterocycles. The zero-order chi connectivity index (χ0) is 13.8. The lowest BCUT2D eigenvalue weighted by atomic mass is 9.91. The normalized spacial score (nSPS) is 25.1. The molecule has 1 amide bonds. The zero-order valence-corrected chi connectivity index (χ0v) is 11.9. The van der Waals surface area contributed by atoms with E-state index in [0.29, 0.717) is 18.3 Å². The van der Waals surface area contributed by atoms with Gasteiger partial charge in [-0.2, -0.15) is 0 Å². The Hall–Kier alpha value is -1.35. The second-order valence-electron chi connectivity index (χ2n) is 5.99. The summed E-state index contributed by atoms with van der Waals surface area (Å²) < 4.78 is 0. The van der Waals surface area contributed by atoms with Crippen molar-refractivity contribution in [2.24, 2.45) is 17.6 Å². The molecule has 1 heterocycles. The molecular weight excluding hydrogens is 236 g/mol. The minimum Gasteiger partial charge on any atom is -0.341 e. The predicted octanol–water partition coefficient (Wildman–Crippen LogP) is 2.06. The number of nitrogens with two attached hydrogens (primary N) is 1. The number of hydrogen-bond donors (Lipinski definition) is 1. The molecule has 1 fully saturated rings. The second kappa shape index (κ2) is 6.20. The Morgan fingerprint density at radius 3 is 2.42 bits per heavy atom. The first kappa shape index (κ1) is 14.1. The molecule has 0 saturated carbocycles. The average molecular weight is 260 g/mol. The van der Waals surface area contributed by atoms with Crippen molar-refractivity contribution >= 4 is 5.91 Å². The van der Waals surface area contributed by atoms with Crippen molar-refractivity contribution in [2.45, 2.75) is 32.7 Å². The average Bonchev–Trinajstić information content (AvgIpc) is 2.37. The third kappa shape index (κ3) is 3.80. The van der Waals surface area contributed by atoms with Crippen molar-refractivity contribution in [1.82, 2.24) is 4.90 Å². The van der Waals surface area contributed by atoms with E-state index in [2.05, 4.69) is 13.8 Å². The van der Waals surface area contributed by atoms with E-state index >= 15 is 0 Å². The third-order valence-corrected chi connectivity index (χ3v) is 3.80. The van der Waals surface area contributed by atoms with Crippen LogP contribution in [0.5, 0.6) is 0 Å². The van der Waals surface area contributed by atoms with Crippen molar-refractivity contribution in [3.63, 3.8) is 0 Å². The molecule has 1 aromatic rings. The van der Waals surface area contributed by atoms with Gasteiger partial charge in [-0.1, -0.05) is 44.2 Å². The van der Waals surface area contributed by atoms with Gasteiger partial charge in [0.15, 0.2) is 0 Å². The Balaban J connectivity index is 1.95. The van der Waals surface area contributed by atoms with E-state index in [1.165, 1.54) is 6.42 Å². The van der Waals surface area contributed by atoms with Crippen molar-refractivity contribution in [3.8, 4) is 0 Å². The molecule has 1 aliphatic heterocycles. The molecule has 1 aromatic carbocycles. The second-order valence-corrected chi connectivity index (χ2v) is 5.99. The highest BCUT2D eigenvalue weighted by Crippen LogP contribution is 2.21. The minimum atomic E-state index is -0.417. The van der Waals surface area contributed by atoms with Gasteiger partial charge in [0, 0.05) is 13.1 Å². The van der Waals surface area contributed by atoms with Crippen LogP contribution in [0.15, 0.2) is 30.3 Å². The zero-order valence-electron chi connectivity index (χ0n) is 11.9. The Kier molecular flexibility index (Phi) is 4.59. The number of likely N-dealkylation sites (tertiary alicyclic amines) is 1. The highest BCUT2D eigenvalue weighted by Gasteiger charge is 2.28. The molecule has 0 spiro atoms. The third-order valence-electron chi connectivity index (χ3n) is 3.80. The number of nitrogens with zero attached hydrogens (tertiary/aromatic N) is 1. The van der Waals surface area contributed by atoms with Crippen LogP contribution in [0.25, 0.3) is 0 Å². The topological polar surface area (TPSA) is 46.3 Å². The fraction of sp³-hybridized carbons (Fsp3) is 0.562. The van der Waals surface area contributed by atoms with E-state index in [9.17, 15) is 4.79 Å². The smallest absolute Gasteiger partial charge is 0.239 e. The van der Waals surface area contributed by atoms with Gasteiger partial charge in [-0.25, -0.2) is 0 Å². The summed E-state index contributed by atoms with van der Waals surface area (Å²) in [6, 6.07) is 9.57. The summed E-state index contributed by atoms with van der Waals surface area (Å²) >= 11 is 0. The van der Waals surface area contributed by atoms with Gasteiger partial charge >= 0.3 is 0 Å². The van der Waals surface area contributed by atoms with Gasteiger partial charge in [0.05, 0.1) is 6.04 Å². The van der Waals surface area contributed by atoms with Gasteiger partial charge in [0.2, 0.25) is 5.91 Å². The Morgan fingerprint density at radius 2 is 1.84 bits per heavy atom. The number of carbonyl (C=O) groups is 1. The lowest BCUT2D eigenvalue weighted by Gasteiger charge is -2.36. The molecule has 2 rings (SSSR count). The molecule has 3 atom stereocenters. The van der Waals surface area contributed by atoms with Gasteiger partial charge < -0.3 is 10.6 Å². The van der Waals surface area contributed by atoms with Gasteiger partial charge in [-0.3, -0.25) is 4.79 Å². The molecule has 19 heavy (non-hydrogen) atoms. The molecule has 0 radical (unpaired) electrons. The lowest BCUT2D eigenvalue weighted by Crippen LogP contribution is -2.50. The number of piperidine rings is 1. The maximum atomic E-state index is 12.4. The first-order chi connectivity index (χ1) is 9.06. The van der Waals surface area contributed by atoms with Gasteiger partial charge in [0.1, 0.15) is 0 Å². The largest absolute Gasteiger partial charge is 0.341 e. The van der Waals surface area contributed by atoms with Crippen LogP contribution in [-0.2, 0) is 11.2 Å². The fourth-order valence-electron chi connectivity index (χ4n) is 3.03. The first-order valence-electron chi connectivity index (χ1n) is 7.14. The van der Waals surface area contributed by atoms with Crippen LogP contribution in [0.1, 0.15) is 25.8 Å². The van der Waals surface area contributed by atoms with E-state index < -0.39 is 6.04 Å². The van der Waals surface area contributed by atoms with E-state index in [1.807, 2.05) is 35.2 Å². The maximum Gasteiger partial charge on any atom is 0.239 e. The summed E-state index contributed by atoms with van der Waals surface area (Å²) in [5.41, 5.74) is 7.21. The monoisotopic (exact) mass is 260 g/mol. The highest BCUT2D eigenvalue weighted by molar-refractivity contribution is 5.82. The molecule has 0 aromatic heterocycles. The molecule has 2 unspecified atom stereocenters. The maximum absolute atomic E-state index is 12.4. The molecule has 1 aliphatic rings. The Bertz CT molecular complexity index is 408. The molecule has 0 bridgehead atoms. The van der Waals surface area contributed by atoms with Gasteiger partial charge in [-0.15, -0.1) is 0 Å². The van der Waals surface area contributed by atoms with Gasteiger partial charge in [0.25, 0.3) is 0 Å². The lowest BCUT2D eigenvalue weighted by molar-refractivity contribution is -0.135. The van der Waals surface area contributed by atoms with Crippen molar-refractivity contribution in [3.05, 3.63) is 35.9 Å². The number of benzene rings is 1. The van der Waals surface area contributed by atoms with Crippen LogP contribution < -0.4 is 5.73 Å². The van der Waals surface area contributed by atoms with Crippen LogP contribution in [0.4, 0.5) is 0 Å². The van der Waals surface area contributed by atoms with Crippen molar-refractivity contribution in [2.75, 3.05) is 13.1 Å². The summed E-state index contributed by atoms with van der Waals surface area (Å²) in [6.07, 6.45) is 1.83. The van der Waals surface area contributed by atoms with Crippen LogP contribution in [0.2, 0.25) is 0 Å². The van der Waals surface area contributed by atoms with Gasteiger partial charge in [-0.05, 0) is 30.2 Å². The van der Waals surface area contributed by atoms with Crippen LogP contribution >= 0.6 is 0 Å². The summed E-state index contributed by atoms with van der Waals surface area (Å²) in [5.74, 6) is 1.26. The van der Waals surface area contributed by atoms with Crippen LogP contribution in [0, 0.1) is 11.8 Å². The van der Waals surface area contributed by atoms with E-state index in [4.69, 9.17) is 5.73 Å². The van der Waals surface area contributed by atoms with E-state index in [0.717, 1.165) is 18.7 Å². The highest BCUT2D eigenvalue weighted by atomic mass is 16.2. The van der Waals surface area contributed by atoms with Crippen molar-refractivity contribution < 1.29 is 4.79 Å². The Morgan fingerprint density at radius 1 is 1.26 bits per heavy atom. The standard InChI is InChI=1S/C16H24N2O/c1-12-8-13(2)11-18(10-12)16(19)15(17)9-14-6-4-3-5-7-14/h3-7,12-13,15H,8-11,17H2,1-2H3/t12?,13?,15-/m0/s1. The fourth-order valence-corrected chi connectivity index (χ4v) is 3.03. The number of hydrogen-bond acceptors (Lipinski definition) is 2. The summed E-state index contributed by atoms with van der Waals surface area (Å²) in [4.78, 5) is 14.3. The number of amides is 1. The molecular formula is C16H24N2O. The molecule has 3 heteroatoms. The van der Waals surface area contributed by atoms with Crippen LogP contribution in [0.3, 0.4) is 0 Å². The van der Waals surface area contributed by atoms with Crippen LogP contribution in [-0.4, -0.2) is 29.9 Å². The molecule has 2 N–H and O–H groups in total. The van der Waals surface area contributed by atoms with E-state index in [1.54, 1.807) is 0 Å². The summed E-state index contributed by atoms with van der Waals surface area (Å²) in [6.45, 7) is 6.12. The number of carbonyl (C=O) groups excluding carboxylic acids is 1. The number of rotatable bonds is 3. The predicted molar refractivity (Wildman–Crippen MR) is 77.6 cm³/mol. The summed E-state index contributed by atoms with van der Waals surface area (Å²) in [7, 11) is 0. The SMILES string of the molecule is CC1CC(C)CN(C(=O)[C@@H](N)Cc2ccccc2)C1. The quantitative estimate of drug-likeness (QED) is 0.904. The molecule has 104 valence electrons. The van der Waals surface area contributed by atoms with E-state index in [-0.39, 0.29) is 5.91 Å².